The summed E-state index contributed by atoms with van der Waals surface area (Å²) in [5.41, 5.74) is 0.888. The lowest BCUT2D eigenvalue weighted by Crippen LogP contribution is -2.34. The molecule has 0 aliphatic carbocycles. The number of benzene rings is 1. The number of halogens is 2. The summed E-state index contributed by atoms with van der Waals surface area (Å²) >= 11 is 12.0. The first kappa shape index (κ1) is 18.6. The van der Waals surface area contributed by atoms with E-state index in [9.17, 15) is 13.2 Å². The Morgan fingerprint density at radius 3 is 2.46 bits per heavy atom. The number of oxime groups is 1. The largest absolute Gasteiger partial charge is 0.464 e. The quantitative estimate of drug-likeness (QED) is 0.623. The fraction of sp³-hybridized carbons (Fsp3) is 0.286. The average Bonchev–Trinajstić information content (AvgIpc) is 2.53. The van der Waals surface area contributed by atoms with Crippen LogP contribution in [0.5, 0.6) is 0 Å². The SMILES string of the molecule is COC(=O)C1=C(Cl)C(=NOS(C)(=O)=O)CC(c2ccc(Cl)cc2)N1. The van der Waals surface area contributed by atoms with Crippen molar-refractivity contribution in [3.05, 3.63) is 45.6 Å². The van der Waals surface area contributed by atoms with E-state index in [1.165, 1.54) is 7.11 Å². The van der Waals surface area contributed by atoms with Gasteiger partial charge in [-0.3, -0.25) is 4.28 Å². The molecule has 1 aromatic carbocycles. The van der Waals surface area contributed by atoms with Crippen LogP contribution in [0.1, 0.15) is 18.0 Å². The fourth-order valence-corrected chi connectivity index (χ4v) is 2.65. The molecule has 1 atom stereocenters. The Morgan fingerprint density at radius 2 is 1.92 bits per heavy atom. The number of ether oxygens (including phenoxy) is 1. The molecule has 7 nitrogen and oxygen atoms in total. The minimum atomic E-state index is -3.80. The standard InChI is InChI=1S/C14H14Cl2N2O5S/c1-22-14(19)13-12(16)11(18-23-24(2,20)21)7-10(17-13)8-3-5-9(15)6-4-8/h3-6,10,17H,7H2,1-2H3. The molecule has 0 aromatic heterocycles. The molecule has 10 heteroatoms. The van der Waals surface area contributed by atoms with Crippen molar-refractivity contribution in [2.75, 3.05) is 13.4 Å². The third-order valence-corrected chi connectivity index (χ3v) is 4.14. The highest BCUT2D eigenvalue weighted by Crippen LogP contribution is 2.30. The van der Waals surface area contributed by atoms with Crippen LogP contribution in [0, 0.1) is 0 Å². The monoisotopic (exact) mass is 392 g/mol. The molecule has 0 bridgehead atoms. The number of nitrogens with one attached hydrogen (secondary N) is 1. The Morgan fingerprint density at radius 1 is 1.29 bits per heavy atom. The fourth-order valence-electron chi connectivity index (χ4n) is 2.05. The van der Waals surface area contributed by atoms with E-state index in [-0.39, 0.29) is 28.9 Å². The number of carbonyl (C=O) groups is 1. The predicted molar refractivity (Wildman–Crippen MR) is 90.2 cm³/mol. The number of nitrogens with zero attached hydrogens (tertiary/aromatic N) is 1. The molecule has 0 spiro atoms. The Bertz CT molecular complexity index is 803. The molecule has 0 saturated carbocycles. The second kappa shape index (κ2) is 7.42. The first-order valence-corrected chi connectivity index (χ1v) is 9.24. The van der Waals surface area contributed by atoms with Crippen molar-refractivity contribution in [1.29, 1.82) is 0 Å². The van der Waals surface area contributed by atoms with E-state index in [0.717, 1.165) is 11.8 Å². The van der Waals surface area contributed by atoms with E-state index in [1.807, 2.05) is 0 Å². The summed E-state index contributed by atoms with van der Waals surface area (Å²) in [6.07, 6.45) is 1.06. The Kier molecular flexibility index (Phi) is 5.74. The van der Waals surface area contributed by atoms with E-state index in [1.54, 1.807) is 24.3 Å². The lowest BCUT2D eigenvalue weighted by atomic mass is 9.97. The lowest BCUT2D eigenvalue weighted by Gasteiger charge is -2.27. The van der Waals surface area contributed by atoms with Gasteiger partial charge >= 0.3 is 16.1 Å². The van der Waals surface area contributed by atoms with Crippen LogP contribution >= 0.6 is 23.2 Å². The zero-order valence-electron chi connectivity index (χ0n) is 12.7. The molecule has 1 N–H and O–H groups in total. The topological polar surface area (TPSA) is 94.1 Å². The van der Waals surface area contributed by atoms with Crippen LogP contribution in [0.2, 0.25) is 5.02 Å². The third-order valence-electron chi connectivity index (χ3n) is 3.13. The van der Waals surface area contributed by atoms with E-state index < -0.39 is 16.1 Å². The highest BCUT2D eigenvalue weighted by molar-refractivity contribution is 7.85. The van der Waals surface area contributed by atoms with E-state index >= 15 is 0 Å². The van der Waals surface area contributed by atoms with Crippen molar-refractivity contribution < 1.29 is 22.2 Å². The first-order valence-electron chi connectivity index (χ1n) is 6.67. The predicted octanol–water partition coefficient (Wildman–Crippen LogP) is 2.33. The molecule has 0 amide bonds. The van der Waals surface area contributed by atoms with Crippen LogP contribution in [-0.4, -0.2) is 33.5 Å². The molecule has 2 rings (SSSR count). The number of methoxy groups -OCH3 is 1. The van der Waals surface area contributed by atoms with Gasteiger partial charge < -0.3 is 10.1 Å². The van der Waals surface area contributed by atoms with Crippen molar-refractivity contribution in [2.45, 2.75) is 12.5 Å². The second-order valence-corrected chi connectivity index (χ2v) is 7.32. The number of allylic oxidation sites excluding steroid dienone is 1. The van der Waals surface area contributed by atoms with Gasteiger partial charge in [0.15, 0.2) is 0 Å². The number of carbonyl (C=O) groups excluding carboxylic acids is 1. The Labute approximate surface area is 149 Å². The van der Waals surface area contributed by atoms with Gasteiger partial charge in [-0.05, 0) is 17.7 Å². The summed E-state index contributed by atoms with van der Waals surface area (Å²) in [5, 5.41) is 7.02. The Balaban J connectivity index is 2.41. The molecule has 0 saturated heterocycles. The van der Waals surface area contributed by atoms with Gasteiger partial charge in [0.05, 0.1) is 24.4 Å². The molecule has 1 aliphatic heterocycles. The Hall–Kier alpha value is -1.77. The zero-order chi connectivity index (χ0) is 17.9. The van der Waals surface area contributed by atoms with Crippen LogP contribution in [0.15, 0.2) is 40.2 Å². The van der Waals surface area contributed by atoms with Crippen LogP contribution in [0.4, 0.5) is 0 Å². The van der Waals surface area contributed by atoms with Gasteiger partial charge in [0, 0.05) is 11.4 Å². The summed E-state index contributed by atoms with van der Waals surface area (Å²) in [7, 11) is -2.60. The number of hydrogen-bond acceptors (Lipinski definition) is 7. The summed E-state index contributed by atoms with van der Waals surface area (Å²) in [5.74, 6) is -0.703. The maximum atomic E-state index is 11.9. The molecule has 0 fully saturated rings. The highest BCUT2D eigenvalue weighted by Gasteiger charge is 2.30. The van der Waals surface area contributed by atoms with Crippen LogP contribution < -0.4 is 5.32 Å². The van der Waals surface area contributed by atoms with Gasteiger partial charge in [0.1, 0.15) is 11.4 Å². The van der Waals surface area contributed by atoms with Gasteiger partial charge in [-0.1, -0.05) is 40.5 Å². The molecule has 130 valence electrons. The lowest BCUT2D eigenvalue weighted by molar-refractivity contribution is -0.136. The molecule has 1 unspecified atom stereocenters. The van der Waals surface area contributed by atoms with Crippen molar-refractivity contribution in [1.82, 2.24) is 5.32 Å². The third kappa shape index (κ3) is 4.62. The normalized spacial score (nSPS) is 19.8. The number of rotatable bonds is 4. The van der Waals surface area contributed by atoms with E-state index in [2.05, 4.69) is 19.5 Å². The van der Waals surface area contributed by atoms with Gasteiger partial charge in [-0.25, -0.2) is 4.79 Å². The second-order valence-electron chi connectivity index (χ2n) is 4.95. The number of esters is 1. The smallest absolute Gasteiger partial charge is 0.355 e. The van der Waals surface area contributed by atoms with E-state index in [4.69, 9.17) is 23.2 Å². The molecule has 24 heavy (non-hydrogen) atoms. The van der Waals surface area contributed by atoms with Crippen molar-refractivity contribution in [2.24, 2.45) is 5.16 Å². The van der Waals surface area contributed by atoms with Gasteiger partial charge in [0.2, 0.25) is 0 Å². The molecular formula is C14H14Cl2N2O5S. The van der Waals surface area contributed by atoms with Gasteiger partial charge in [-0.2, -0.15) is 8.42 Å². The summed E-state index contributed by atoms with van der Waals surface area (Å²) in [4.78, 5) is 11.9. The molecule has 1 aliphatic rings. The van der Waals surface area contributed by atoms with Gasteiger partial charge in [-0.15, -0.1) is 0 Å². The van der Waals surface area contributed by atoms with Crippen molar-refractivity contribution >= 4 is 45.0 Å². The minimum Gasteiger partial charge on any atom is -0.464 e. The molecule has 1 heterocycles. The van der Waals surface area contributed by atoms with Crippen LogP contribution in [0.25, 0.3) is 0 Å². The first-order chi connectivity index (χ1) is 11.2. The zero-order valence-corrected chi connectivity index (χ0v) is 15.1. The molecule has 1 aromatic rings. The molecule has 0 radical (unpaired) electrons. The van der Waals surface area contributed by atoms with Crippen LogP contribution in [-0.2, 0) is 23.9 Å². The summed E-state index contributed by atoms with van der Waals surface area (Å²) < 4.78 is 31.4. The van der Waals surface area contributed by atoms with Crippen molar-refractivity contribution in [3.8, 4) is 0 Å². The number of hydrogen-bond donors (Lipinski definition) is 1. The molecular weight excluding hydrogens is 379 g/mol. The van der Waals surface area contributed by atoms with E-state index in [0.29, 0.717) is 5.02 Å². The maximum absolute atomic E-state index is 11.9. The minimum absolute atomic E-state index is 0.0267. The average molecular weight is 393 g/mol. The summed E-state index contributed by atoms with van der Waals surface area (Å²) in [6, 6.07) is 6.54. The van der Waals surface area contributed by atoms with Crippen LogP contribution in [0.3, 0.4) is 0 Å². The van der Waals surface area contributed by atoms with Gasteiger partial charge in [0.25, 0.3) is 0 Å². The maximum Gasteiger partial charge on any atom is 0.355 e. The summed E-state index contributed by atoms with van der Waals surface area (Å²) in [6.45, 7) is 0. The van der Waals surface area contributed by atoms with Crippen molar-refractivity contribution in [3.63, 3.8) is 0 Å². The highest BCUT2D eigenvalue weighted by atomic mass is 35.5.